The molecule has 0 radical (unpaired) electrons. The molecule has 2 aliphatic rings. The molecule has 8 nitrogen and oxygen atoms in total. The van der Waals surface area contributed by atoms with Gasteiger partial charge in [0.25, 0.3) is 5.91 Å². The molecule has 2 N–H and O–H groups in total. The Hall–Kier alpha value is -3.13. The monoisotopic (exact) mass is 421 g/mol. The van der Waals surface area contributed by atoms with E-state index >= 15 is 0 Å². The lowest BCUT2D eigenvalue weighted by Crippen LogP contribution is -2.41. The number of nitrogens with one attached hydrogen (secondary N) is 2. The number of carbonyl (C=O) groups excluding carboxylic acids is 2. The van der Waals surface area contributed by atoms with Gasteiger partial charge in [0.15, 0.2) is 0 Å². The minimum Gasteiger partial charge on any atom is -0.378 e. The lowest BCUT2D eigenvalue weighted by molar-refractivity contribution is -0.134. The summed E-state index contributed by atoms with van der Waals surface area (Å²) >= 11 is 0. The SMILES string of the molecule is O=C(c1cc([C@@H]2CCCCN2C(=O)Cc2c[nH]c3ccccc23)[nH]n1)N1CCOCC1. The van der Waals surface area contributed by atoms with Crippen molar-refractivity contribution in [1.82, 2.24) is 25.0 Å². The first kappa shape index (κ1) is 19.8. The maximum Gasteiger partial charge on any atom is 0.274 e. The molecule has 31 heavy (non-hydrogen) atoms. The van der Waals surface area contributed by atoms with Crippen molar-refractivity contribution < 1.29 is 14.3 Å². The van der Waals surface area contributed by atoms with Crippen molar-refractivity contribution in [3.63, 3.8) is 0 Å². The van der Waals surface area contributed by atoms with Crippen LogP contribution in [0.4, 0.5) is 0 Å². The van der Waals surface area contributed by atoms with Crippen LogP contribution in [0.5, 0.6) is 0 Å². The molecule has 1 atom stereocenters. The van der Waals surface area contributed by atoms with Crippen molar-refractivity contribution in [3.05, 3.63) is 53.5 Å². The maximum absolute atomic E-state index is 13.3. The molecule has 2 saturated heterocycles. The predicted molar refractivity (Wildman–Crippen MR) is 116 cm³/mol. The summed E-state index contributed by atoms with van der Waals surface area (Å²) < 4.78 is 5.33. The predicted octanol–water partition coefficient (Wildman–Crippen LogP) is 2.66. The smallest absolute Gasteiger partial charge is 0.274 e. The summed E-state index contributed by atoms with van der Waals surface area (Å²) in [6, 6.07) is 9.78. The molecule has 2 amide bonds. The first-order valence-corrected chi connectivity index (χ1v) is 11.0. The fraction of sp³-hybridized carbons (Fsp3) is 0.435. The number of carbonyl (C=O) groups is 2. The van der Waals surface area contributed by atoms with Gasteiger partial charge in [-0.05, 0) is 37.0 Å². The molecule has 0 aliphatic carbocycles. The fourth-order valence-electron chi connectivity index (χ4n) is 4.64. The van der Waals surface area contributed by atoms with Crippen LogP contribution in [-0.4, -0.2) is 69.6 Å². The van der Waals surface area contributed by atoms with Crippen LogP contribution >= 0.6 is 0 Å². The number of rotatable bonds is 4. The van der Waals surface area contributed by atoms with E-state index in [1.807, 2.05) is 41.4 Å². The number of piperidine rings is 1. The fourth-order valence-corrected chi connectivity index (χ4v) is 4.64. The highest BCUT2D eigenvalue weighted by atomic mass is 16.5. The van der Waals surface area contributed by atoms with Gasteiger partial charge in [0, 0.05) is 36.7 Å². The number of fused-ring (bicyclic) bond motifs is 1. The van der Waals surface area contributed by atoms with Crippen LogP contribution in [-0.2, 0) is 16.0 Å². The summed E-state index contributed by atoms with van der Waals surface area (Å²) in [5, 5.41) is 8.40. The van der Waals surface area contributed by atoms with Crippen molar-refractivity contribution in [2.24, 2.45) is 0 Å². The molecule has 0 spiro atoms. The third-order valence-electron chi connectivity index (χ3n) is 6.31. The zero-order valence-electron chi connectivity index (χ0n) is 17.5. The molecule has 162 valence electrons. The highest BCUT2D eigenvalue weighted by Crippen LogP contribution is 2.31. The standard InChI is InChI=1S/C23H27N5O3/c29-22(13-16-15-24-18-6-2-1-5-17(16)18)28-8-4-3-7-21(28)19-14-20(26-25-19)23(30)27-9-11-31-12-10-27/h1-2,5-6,14-15,21,24H,3-4,7-13H2,(H,25,26)/t21-/m0/s1. The Morgan fingerprint density at radius 3 is 2.84 bits per heavy atom. The Bertz CT molecular complexity index is 1080. The van der Waals surface area contributed by atoms with Gasteiger partial charge in [-0.3, -0.25) is 14.7 Å². The molecule has 4 heterocycles. The van der Waals surface area contributed by atoms with Crippen LogP contribution in [0.1, 0.15) is 47.1 Å². The Balaban J connectivity index is 1.33. The number of likely N-dealkylation sites (tertiary alicyclic amines) is 1. The van der Waals surface area contributed by atoms with Gasteiger partial charge in [0.1, 0.15) is 5.69 Å². The molecule has 8 heteroatoms. The third-order valence-corrected chi connectivity index (χ3v) is 6.31. The van der Waals surface area contributed by atoms with E-state index < -0.39 is 0 Å². The molecular formula is C23H27N5O3. The summed E-state index contributed by atoms with van der Waals surface area (Å²) in [6.45, 7) is 3.00. The van der Waals surface area contributed by atoms with Crippen molar-refractivity contribution in [3.8, 4) is 0 Å². The maximum atomic E-state index is 13.3. The van der Waals surface area contributed by atoms with Crippen LogP contribution in [0.3, 0.4) is 0 Å². The van der Waals surface area contributed by atoms with E-state index in [2.05, 4.69) is 15.2 Å². The molecule has 1 aromatic carbocycles. The molecule has 2 fully saturated rings. The largest absolute Gasteiger partial charge is 0.378 e. The van der Waals surface area contributed by atoms with E-state index in [4.69, 9.17) is 4.74 Å². The van der Waals surface area contributed by atoms with Gasteiger partial charge in [0.2, 0.25) is 5.91 Å². The number of para-hydroxylation sites is 1. The number of aromatic amines is 2. The number of nitrogens with zero attached hydrogens (tertiary/aromatic N) is 3. The summed E-state index contributed by atoms with van der Waals surface area (Å²) in [5.74, 6) is 0.0170. The number of H-pyrrole nitrogens is 2. The number of amides is 2. The molecule has 3 aromatic rings. The van der Waals surface area contributed by atoms with Gasteiger partial charge in [0.05, 0.1) is 31.4 Å². The van der Waals surface area contributed by atoms with Crippen LogP contribution in [0.2, 0.25) is 0 Å². The first-order chi connectivity index (χ1) is 15.2. The molecule has 0 unspecified atom stereocenters. The molecule has 5 rings (SSSR count). The normalized spacial score (nSPS) is 19.7. The lowest BCUT2D eigenvalue weighted by Gasteiger charge is -2.35. The van der Waals surface area contributed by atoms with Gasteiger partial charge < -0.3 is 19.5 Å². The Morgan fingerprint density at radius 2 is 1.97 bits per heavy atom. The number of benzene rings is 1. The van der Waals surface area contributed by atoms with Gasteiger partial charge in [-0.25, -0.2) is 0 Å². The second kappa shape index (κ2) is 8.55. The topological polar surface area (TPSA) is 94.3 Å². The second-order valence-electron chi connectivity index (χ2n) is 8.25. The summed E-state index contributed by atoms with van der Waals surface area (Å²) in [7, 11) is 0. The van der Waals surface area contributed by atoms with Gasteiger partial charge in [-0.15, -0.1) is 0 Å². The zero-order chi connectivity index (χ0) is 21.2. The first-order valence-electron chi connectivity index (χ1n) is 11.0. The number of aromatic nitrogens is 3. The molecule has 2 aliphatic heterocycles. The third kappa shape index (κ3) is 3.95. The lowest BCUT2D eigenvalue weighted by atomic mass is 9.98. The Morgan fingerprint density at radius 1 is 1.13 bits per heavy atom. The summed E-state index contributed by atoms with van der Waals surface area (Å²) in [4.78, 5) is 33.0. The number of ether oxygens (including phenoxy) is 1. The second-order valence-corrected chi connectivity index (χ2v) is 8.25. The van der Waals surface area contributed by atoms with Crippen LogP contribution in [0.25, 0.3) is 10.9 Å². The van der Waals surface area contributed by atoms with Crippen LogP contribution < -0.4 is 0 Å². The average Bonchev–Trinajstić information content (AvgIpc) is 3.47. The molecule has 0 bridgehead atoms. The van der Waals surface area contributed by atoms with E-state index in [0.717, 1.165) is 48.0 Å². The van der Waals surface area contributed by atoms with Crippen molar-refractivity contribution in [2.75, 3.05) is 32.8 Å². The van der Waals surface area contributed by atoms with Gasteiger partial charge in [-0.1, -0.05) is 18.2 Å². The van der Waals surface area contributed by atoms with Crippen LogP contribution in [0.15, 0.2) is 36.5 Å². The average molecular weight is 422 g/mol. The quantitative estimate of drug-likeness (QED) is 0.677. The molecule has 2 aromatic heterocycles. The highest BCUT2D eigenvalue weighted by molar-refractivity contribution is 5.92. The minimum atomic E-state index is -0.0849. The minimum absolute atomic E-state index is 0.0785. The van der Waals surface area contributed by atoms with Crippen molar-refractivity contribution >= 4 is 22.7 Å². The van der Waals surface area contributed by atoms with E-state index in [0.29, 0.717) is 38.4 Å². The Labute approximate surface area is 180 Å². The summed E-state index contributed by atoms with van der Waals surface area (Å²) in [6.07, 6.45) is 5.19. The van der Waals surface area contributed by atoms with Gasteiger partial charge >= 0.3 is 0 Å². The Kier molecular flexibility index (Phi) is 5.46. The van der Waals surface area contributed by atoms with Crippen molar-refractivity contribution in [1.29, 1.82) is 0 Å². The van der Waals surface area contributed by atoms with Crippen LogP contribution in [0, 0.1) is 0 Å². The van der Waals surface area contributed by atoms with E-state index in [9.17, 15) is 9.59 Å². The van der Waals surface area contributed by atoms with Crippen molar-refractivity contribution in [2.45, 2.75) is 31.7 Å². The van der Waals surface area contributed by atoms with Gasteiger partial charge in [-0.2, -0.15) is 5.10 Å². The van der Waals surface area contributed by atoms with E-state index in [1.54, 1.807) is 4.90 Å². The number of hydrogen-bond acceptors (Lipinski definition) is 4. The summed E-state index contributed by atoms with van der Waals surface area (Å²) in [5.41, 5.74) is 3.30. The van der Waals surface area contributed by atoms with E-state index in [1.165, 1.54) is 0 Å². The highest BCUT2D eigenvalue weighted by Gasteiger charge is 2.31. The number of morpholine rings is 1. The molecular weight excluding hydrogens is 394 g/mol. The number of hydrogen-bond donors (Lipinski definition) is 2. The van der Waals surface area contributed by atoms with E-state index in [-0.39, 0.29) is 17.9 Å². The molecule has 0 saturated carbocycles. The zero-order valence-corrected chi connectivity index (χ0v) is 17.5.